The molecule has 27 heavy (non-hydrogen) atoms. The number of carbonyl (C=O) groups excluding carboxylic acids is 2. The number of aromatic hydroxyl groups is 1. The van der Waals surface area contributed by atoms with Gasteiger partial charge in [0.15, 0.2) is 0 Å². The third-order valence-electron chi connectivity index (χ3n) is 4.51. The average molecular weight is 402 g/mol. The van der Waals surface area contributed by atoms with Crippen molar-refractivity contribution in [2.45, 2.75) is 31.5 Å². The number of hydrogen-bond donors (Lipinski definition) is 4. The van der Waals surface area contributed by atoms with Crippen LogP contribution in [0.3, 0.4) is 0 Å². The molecule has 1 heterocycles. The van der Waals surface area contributed by atoms with Crippen molar-refractivity contribution in [2.75, 3.05) is 32.8 Å². The summed E-state index contributed by atoms with van der Waals surface area (Å²) in [6.45, 7) is 2.35. The normalized spacial score (nSPS) is 17.9. The van der Waals surface area contributed by atoms with Gasteiger partial charge in [0.25, 0.3) is 5.91 Å². The van der Waals surface area contributed by atoms with E-state index in [2.05, 4.69) is 10.6 Å². The van der Waals surface area contributed by atoms with Crippen molar-refractivity contribution in [3.63, 3.8) is 0 Å². The number of hydrogen-bond acceptors (Lipinski definition) is 5. The Balaban J connectivity index is 1.80. The van der Waals surface area contributed by atoms with Crippen LogP contribution in [-0.2, 0) is 4.79 Å². The molecule has 9 heteroatoms. The minimum atomic E-state index is -1.55. The number of halogens is 2. The molecule has 0 aromatic heterocycles. The number of aliphatic hydroxyl groups excluding tert-OH is 1. The van der Waals surface area contributed by atoms with Crippen LogP contribution in [0.4, 0.5) is 4.39 Å². The summed E-state index contributed by atoms with van der Waals surface area (Å²) in [6.07, 6.45) is 0.383. The number of benzene rings is 1. The Hall–Kier alpha value is -1.90. The van der Waals surface area contributed by atoms with Crippen LogP contribution in [0.1, 0.15) is 30.1 Å². The van der Waals surface area contributed by atoms with Crippen LogP contribution in [0.25, 0.3) is 0 Å². The van der Waals surface area contributed by atoms with Gasteiger partial charge in [0, 0.05) is 29.7 Å². The highest BCUT2D eigenvalue weighted by Crippen LogP contribution is 2.26. The van der Waals surface area contributed by atoms with Crippen LogP contribution in [-0.4, -0.2) is 71.4 Å². The quantitative estimate of drug-likeness (QED) is 0.547. The smallest absolute Gasteiger partial charge is 0.251 e. The summed E-state index contributed by atoms with van der Waals surface area (Å²) < 4.78 is 14.9. The fourth-order valence-electron chi connectivity index (χ4n) is 2.90. The summed E-state index contributed by atoms with van der Waals surface area (Å²) in [6, 6.07) is 3.66. The average Bonchev–Trinajstić information content (AvgIpc) is 2.61. The summed E-state index contributed by atoms with van der Waals surface area (Å²) in [4.78, 5) is 25.8. The largest absolute Gasteiger partial charge is 0.508 e. The molecule has 0 saturated carbocycles. The number of nitrogens with zero attached hydrogens (tertiary/aromatic N) is 1. The van der Waals surface area contributed by atoms with Gasteiger partial charge in [-0.15, -0.1) is 0 Å². The van der Waals surface area contributed by atoms with Gasteiger partial charge in [0.05, 0.1) is 19.7 Å². The van der Waals surface area contributed by atoms with Crippen molar-refractivity contribution in [2.24, 2.45) is 0 Å². The molecule has 2 rings (SSSR count). The Morgan fingerprint density at radius 1 is 1.33 bits per heavy atom. The van der Waals surface area contributed by atoms with Gasteiger partial charge in [-0.1, -0.05) is 11.6 Å². The molecule has 0 spiro atoms. The Morgan fingerprint density at radius 2 is 2.00 bits per heavy atom. The van der Waals surface area contributed by atoms with Crippen molar-refractivity contribution >= 4 is 23.4 Å². The van der Waals surface area contributed by atoms with E-state index in [0.29, 0.717) is 13.1 Å². The molecule has 0 unspecified atom stereocenters. The van der Waals surface area contributed by atoms with E-state index < -0.39 is 11.6 Å². The fourth-order valence-corrected chi connectivity index (χ4v) is 3.13. The lowest BCUT2D eigenvalue weighted by Gasteiger charge is -2.36. The van der Waals surface area contributed by atoms with Crippen molar-refractivity contribution in [1.82, 2.24) is 15.5 Å². The van der Waals surface area contributed by atoms with E-state index in [0.717, 1.165) is 0 Å². The zero-order valence-electron chi connectivity index (χ0n) is 15.2. The first-order valence-electron chi connectivity index (χ1n) is 8.80. The Morgan fingerprint density at radius 3 is 2.59 bits per heavy atom. The third-order valence-corrected chi connectivity index (χ3v) is 4.73. The van der Waals surface area contributed by atoms with Gasteiger partial charge >= 0.3 is 0 Å². The minimum Gasteiger partial charge on any atom is -0.508 e. The number of piperidine rings is 1. The van der Waals surface area contributed by atoms with Crippen molar-refractivity contribution in [1.29, 1.82) is 0 Å². The van der Waals surface area contributed by atoms with Crippen LogP contribution in [0, 0.1) is 0 Å². The predicted molar refractivity (Wildman–Crippen MR) is 99.7 cm³/mol. The number of phenols is 1. The number of aliphatic hydroxyl groups is 1. The highest BCUT2D eigenvalue weighted by atomic mass is 35.5. The van der Waals surface area contributed by atoms with E-state index in [1.165, 1.54) is 18.2 Å². The third kappa shape index (κ3) is 6.64. The minimum absolute atomic E-state index is 0.135. The van der Waals surface area contributed by atoms with Crippen LogP contribution in [0.5, 0.6) is 5.75 Å². The standard InChI is InChI=1S/C18H25ClFN3O4/c1-12(10-24)22-16(26)9-23-4-2-18(20,3-5-23)11-21-17(27)13-6-14(19)8-15(25)7-13/h6-8,12,24-25H,2-5,9-11H2,1H3,(H,21,27)(H,22,26)/t12-/m1/s1. The Kier molecular flexibility index (Phi) is 7.41. The van der Waals surface area contributed by atoms with Gasteiger partial charge in [0.2, 0.25) is 5.91 Å². The molecule has 1 aliphatic heterocycles. The molecule has 0 aliphatic carbocycles. The van der Waals surface area contributed by atoms with Crippen molar-refractivity contribution in [3.05, 3.63) is 28.8 Å². The van der Waals surface area contributed by atoms with E-state index in [1.54, 1.807) is 6.92 Å². The SMILES string of the molecule is C[C@H](CO)NC(=O)CN1CCC(F)(CNC(=O)c2cc(O)cc(Cl)c2)CC1. The van der Waals surface area contributed by atoms with E-state index in [4.69, 9.17) is 16.7 Å². The monoisotopic (exact) mass is 401 g/mol. The molecule has 4 N–H and O–H groups in total. The van der Waals surface area contributed by atoms with E-state index in [1.807, 2.05) is 4.90 Å². The Bertz CT molecular complexity index is 660. The zero-order chi connectivity index (χ0) is 20.0. The molecule has 1 aliphatic rings. The number of likely N-dealkylation sites (tertiary alicyclic amines) is 1. The van der Waals surface area contributed by atoms with Crippen molar-refractivity contribution < 1.29 is 24.2 Å². The molecule has 1 aromatic carbocycles. The number of carbonyl (C=O) groups is 2. The summed E-state index contributed by atoms with van der Waals surface area (Å²) in [5.74, 6) is -0.855. The van der Waals surface area contributed by atoms with Crippen LogP contribution >= 0.6 is 11.6 Å². The molecule has 1 aromatic rings. The topological polar surface area (TPSA) is 102 Å². The van der Waals surface area contributed by atoms with Gasteiger partial charge in [-0.25, -0.2) is 4.39 Å². The second-order valence-electron chi connectivity index (χ2n) is 6.96. The molecule has 0 bridgehead atoms. The maximum Gasteiger partial charge on any atom is 0.251 e. The highest BCUT2D eigenvalue weighted by molar-refractivity contribution is 6.31. The molecule has 150 valence electrons. The van der Waals surface area contributed by atoms with E-state index in [-0.39, 0.29) is 60.8 Å². The molecular formula is C18H25ClFN3O4. The molecule has 1 atom stereocenters. The second kappa shape index (κ2) is 9.34. The van der Waals surface area contributed by atoms with Gasteiger partial charge in [-0.05, 0) is 38.0 Å². The van der Waals surface area contributed by atoms with Gasteiger partial charge < -0.3 is 20.8 Å². The van der Waals surface area contributed by atoms with E-state index >= 15 is 0 Å². The zero-order valence-corrected chi connectivity index (χ0v) is 15.9. The predicted octanol–water partition coefficient (Wildman–Crippen LogP) is 1.08. The number of amides is 2. The first-order valence-corrected chi connectivity index (χ1v) is 9.18. The second-order valence-corrected chi connectivity index (χ2v) is 7.40. The molecule has 2 amide bonds. The lowest BCUT2D eigenvalue weighted by atomic mass is 9.93. The maximum absolute atomic E-state index is 14.9. The molecular weight excluding hydrogens is 377 g/mol. The van der Waals surface area contributed by atoms with Crippen LogP contribution in [0.2, 0.25) is 5.02 Å². The van der Waals surface area contributed by atoms with Crippen LogP contribution in [0.15, 0.2) is 18.2 Å². The van der Waals surface area contributed by atoms with Gasteiger partial charge in [0.1, 0.15) is 11.4 Å². The van der Waals surface area contributed by atoms with Gasteiger partial charge in [-0.3, -0.25) is 14.5 Å². The first-order chi connectivity index (χ1) is 12.7. The summed E-state index contributed by atoms with van der Waals surface area (Å²) in [7, 11) is 0. The lowest BCUT2D eigenvalue weighted by Crippen LogP contribution is -2.51. The molecule has 1 fully saturated rings. The first kappa shape index (κ1) is 21.4. The van der Waals surface area contributed by atoms with Crippen molar-refractivity contribution in [3.8, 4) is 5.75 Å². The summed E-state index contributed by atoms with van der Waals surface area (Å²) in [5, 5.41) is 23.8. The molecule has 7 nitrogen and oxygen atoms in total. The van der Waals surface area contributed by atoms with Gasteiger partial charge in [-0.2, -0.15) is 0 Å². The number of phenolic OH excluding ortho intramolecular Hbond substituents is 1. The maximum atomic E-state index is 14.9. The number of alkyl halides is 1. The Labute approximate surface area is 162 Å². The lowest BCUT2D eigenvalue weighted by molar-refractivity contribution is -0.123. The number of rotatable bonds is 7. The summed E-state index contributed by atoms with van der Waals surface area (Å²) in [5.41, 5.74) is -1.39. The molecule has 0 radical (unpaired) electrons. The number of nitrogens with one attached hydrogen (secondary N) is 2. The fraction of sp³-hybridized carbons (Fsp3) is 0.556. The van der Waals surface area contributed by atoms with E-state index in [9.17, 15) is 19.1 Å². The summed E-state index contributed by atoms with van der Waals surface area (Å²) >= 11 is 5.80. The van der Waals surface area contributed by atoms with Crippen LogP contribution < -0.4 is 10.6 Å². The molecule has 1 saturated heterocycles. The highest BCUT2D eigenvalue weighted by Gasteiger charge is 2.35.